The van der Waals surface area contributed by atoms with E-state index in [-0.39, 0.29) is 5.91 Å². The van der Waals surface area contributed by atoms with Gasteiger partial charge in [0.1, 0.15) is 9.71 Å². The standard InChI is InChI=1S/C21H20N4O3S2/c1-4-28-20(27)17-13(3)22-21(30-17)23-18(26)16-10-15-12(2)24-25(19(15)29-16)11-14-8-6-5-7-9-14/h5-10H,4,11H2,1-3H3,(H,22,23,26). The zero-order valence-electron chi connectivity index (χ0n) is 16.8. The number of rotatable bonds is 6. The normalized spacial score (nSPS) is 11.0. The van der Waals surface area contributed by atoms with Crippen molar-refractivity contribution in [2.75, 3.05) is 11.9 Å². The zero-order valence-corrected chi connectivity index (χ0v) is 18.4. The Kier molecular flexibility index (Phi) is 5.65. The number of aryl methyl sites for hydroxylation is 2. The number of thiophene rings is 1. The molecule has 0 saturated heterocycles. The fraction of sp³-hybridized carbons (Fsp3) is 0.238. The zero-order chi connectivity index (χ0) is 21.3. The fourth-order valence-corrected chi connectivity index (χ4v) is 4.99. The van der Waals surface area contributed by atoms with Gasteiger partial charge in [-0.3, -0.25) is 14.8 Å². The molecule has 4 rings (SSSR count). The number of fused-ring (bicyclic) bond motifs is 1. The summed E-state index contributed by atoms with van der Waals surface area (Å²) in [7, 11) is 0. The van der Waals surface area contributed by atoms with Gasteiger partial charge in [0.05, 0.1) is 29.4 Å². The molecule has 0 radical (unpaired) electrons. The summed E-state index contributed by atoms with van der Waals surface area (Å²) in [6.07, 6.45) is 0. The molecule has 1 N–H and O–H groups in total. The number of anilines is 1. The summed E-state index contributed by atoms with van der Waals surface area (Å²) in [5.74, 6) is -0.683. The summed E-state index contributed by atoms with van der Waals surface area (Å²) < 4.78 is 6.95. The number of nitrogens with one attached hydrogen (secondary N) is 1. The second-order valence-corrected chi connectivity index (χ2v) is 8.70. The van der Waals surface area contributed by atoms with E-state index >= 15 is 0 Å². The molecule has 1 aromatic carbocycles. The van der Waals surface area contributed by atoms with E-state index in [9.17, 15) is 9.59 Å². The van der Waals surface area contributed by atoms with Crippen molar-refractivity contribution in [1.82, 2.24) is 14.8 Å². The van der Waals surface area contributed by atoms with Crippen molar-refractivity contribution >= 4 is 49.9 Å². The van der Waals surface area contributed by atoms with Crippen molar-refractivity contribution in [2.24, 2.45) is 0 Å². The van der Waals surface area contributed by atoms with Gasteiger partial charge in [0.25, 0.3) is 5.91 Å². The molecule has 0 spiro atoms. The Morgan fingerprint density at radius 2 is 1.90 bits per heavy atom. The van der Waals surface area contributed by atoms with Gasteiger partial charge in [-0.15, -0.1) is 11.3 Å². The van der Waals surface area contributed by atoms with Gasteiger partial charge in [0.2, 0.25) is 0 Å². The van der Waals surface area contributed by atoms with Crippen LogP contribution in [0.5, 0.6) is 0 Å². The minimum absolute atomic E-state index is 0.258. The largest absolute Gasteiger partial charge is 0.462 e. The molecular formula is C21H20N4O3S2. The predicted molar refractivity (Wildman–Crippen MR) is 119 cm³/mol. The number of nitrogens with zero attached hydrogens (tertiary/aromatic N) is 3. The highest BCUT2D eigenvalue weighted by molar-refractivity contribution is 7.21. The number of benzene rings is 1. The van der Waals surface area contributed by atoms with E-state index in [4.69, 9.17) is 4.74 Å². The Balaban J connectivity index is 1.56. The third-order valence-electron chi connectivity index (χ3n) is 4.48. The SMILES string of the molecule is CCOC(=O)c1sc(NC(=O)c2cc3c(C)nn(Cc4ccccc4)c3s2)nc1C. The molecule has 4 aromatic rings. The van der Waals surface area contributed by atoms with Crippen LogP contribution in [-0.4, -0.2) is 33.2 Å². The number of amides is 1. The number of carbonyl (C=O) groups is 2. The maximum absolute atomic E-state index is 12.8. The van der Waals surface area contributed by atoms with E-state index in [1.54, 1.807) is 13.8 Å². The van der Waals surface area contributed by atoms with Crippen LogP contribution in [0.4, 0.5) is 5.13 Å². The molecule has 0 aliphatic heterocycles. The molecule has 3 heterocycles. The third kappa shape index (κ3) is 3.99. The molecule has 30 heavy (non-hydrogen) atoms. The summed E-state index contributed by atoms with van der Waals surface area (Å²) in [5, 5.41) is 8.75. The van der Waals surface area contributed by atoms with Crippen molar-refractivity contribution in [3.63, 3.8) is 0 Å². The number of ether oxygens (including phenoxy) is 1. The molecule has 0 fully saturated rings. The maximum Gasteiger partial charge on any atom is 0.350 e. The Labute approximate surface area is 181 Å². The average molecular weight is 441 g/mol. The number of carbonyl (C=O) groups excluding carboxylic acids is 2. The monoisotopic (exact) mass is 440 g/mol. The molecule has 3 aromatic heterocycles. The first-order valence-electron chi connectivity index (χ1n) is 9.43. The number of aromatic nitrogens is 3. The van der Waals surface area contributed by atoms with E-state index < -0.39 is 5.97 Å². The summed E-state index contributed by atoms with van der Waals surface area (Å²) in [5.41, 5.74) is 2.57. The number of hydrogen-bond acceptors (Lipinski definition) is 7. The lowest BCUT2D eigenvalue weighted by Crippen LogP contribution is -2.09. The van der Waals surface area contributed by atoms with Gasteiger partial charge in [-0.05, 0) is 32.4 Å². The molecule has 0 saturated carbocycles. The number of esters is 1. The van der Waals surface area contributed by atoms with Crippen LogP contribution >= 0.6 is 22.7 Å². The lowest BCUT2D eigenvalue weighted by Gasteiger charge is -2.02. The van der Waals surface area contributed by atoms with Crippen LogP contribution < -0.4 is 5.32 Å². The first-order chi connectivity index (χ1) is 14.5. The summed E-state index contributed by atoms with van der Waals surface area (Å²) in [6, 6.07) is 11.9. The molecule has 154 valence electrons. The van der Waals surface area contributed by atoms with Crippen molar-refractivity contribution in [3.8, 4) is 0 Å². The van der Waals surface area contributed by atoms with Crippen molar-refractivity contribution in [2.45, 2.75) is 27.3 Å². The molecule has 0 aliphatic carbocycles. The van der Waals surface area contributed by atoms with E-state index in [0.717, 1.165) is 32.8 Å². The quantitative estimate of drug-likeness (QED) is 0.441. The third-order valence-corrected chi connectivity index (χ3v) is 6.68. The lowest BCUT2D eigenvalue weighted by molar-refractivity contribution is 0.0531. The van der Waals surface area contributed by atoms with Gasteiger partial charge in [-0.2, -0.15) is 5.10 Å². The van der Waals surface area contributed by atoms with Crippen molar-refractivity contribution in [3.05, 3.63) is 63.1 Å². The summed E-state index contributed by atoms with van der Waals surface area (Å²) in [6.45, 7) is 6.34. The Hall–Kier alpha value is -3.04. The molecule has 0 aliphatic rings. The van der Waals surface area contributed by atoms with Crippen LogP contribution in [0.25, 0.3) is 10.2 Å². The first kappa shape index (κ1) is 20.2. The highest BCUT2D eigenvalue weighted by Gasteiger charge is 2.20. The first-order valence-corrected chi connectivity index (χ1v) is 11.1. The second kappa shape index (κ2) is 8.37. The van der Waals surface area contributed by atoms with Crippen molar-refractivity contribution < 1.29 is 14.3 Å². The van der Waals surface area contributed by atoms with Gasteiger partial charge >= 0.3 is 5.97 Å². The van der Waals surface area contributed by atoms with Crippen LogP contribution in [0.15, 0.2) is 36.4 Å². The van der Waals surface area contributed by atoms with E-state index in [1.165, 1.54) is 11.3 Å². The second-order valence-electron chi connectivity index (χ2n) is 6.67. The molecule has 7 nitrogen and oxygen atoms in total. The van der Waals surface area contributed by atoms with Crippen LogP contribution in [-0.2, 0) is 11.3 Å². The topological polar surface area (TPSA) is 86.1 Å². The molecule has 0 bridgehead atoms. The van der Waals surface area contributed by atoms with Crippen LogP contribution in [0, 0.1) is 13.8 Å². The molecule has 0 atom stereocenters. The van der Waals surface area contributed by atoms with E-state index in [1.807, 2.05) is 35.9 Å². The highest BCUT2D eigenvalue weighted by atomic mass is 32.1. The predicted octanol–water partition coefficient (Wildman–Crippen LogP) is 4.65. The molecule has 9 heteroatoms. The minimum Gasteiger partial charge on any atom is -0.462 e. The smallest absolute Gasteiger partial charge is 0.350 e. The van der Waals surface area contributed by atoms with Gasteiger partial charge < -0.3 is 4.74 Å². The van der Waals surface area contributed by atoms with E-state index in [0.29, 0.717) is 33.7 Å². The van der Waals surface area contributed by atoms with Gasteiger partial charge in [-0.25, -0.2) is 9.78 Å². The molecule has 1 amide bonds. The van der Waals surface area contributed by atoms with Crippen molar-refractivity contribution in [1.29, 1.82) is 0 Å². The Bertz CT molecular complexity index is 1220. The van der Waals surface area contributed by atoms with Crippen LogP contribution in [0.2, 0.25) is 0 Å². The molecular weight excluding hydrogens is 420 g/mol. The molecule has 0 unspecified atom stereocenters. The van der Waals surface area contributed by atoms with Crippen LogP contribution in [0.3, 0.4) is 0 Å². The minimum atomic E-state index is -0.425. The lowest BCUT2D eigenvalue weighted by atomic mass is 10.2. The highest BCUT2D eigenvalue weighted by Crippen LogP contribution is 2.30. The summed E-state index contributed by atoms with van der Waals surface area (Å²) >= 11 is 2.51. The maximum atomic E-state index is 12.8. The number of hydrogen-bond donors (Lipinski definition) is 1. The summed E-state index contributed by atoms with van der Waals surface area (Å²) in [4.78, 5) is 31.0. The fourth-order valence-electron chi connectivity index (χ4n) is 3.08. The number of thiazole rings is 1. The van der Waals surface area contributed by atoms with Crippen LogP contribution in [0.1, 0.15) is 43.2 Å². The van der Waals surface area contributed by atoms with E-state index in [2.05, 4.69) is 27.5 Å². The Morgan fingerprint density at radius 3 is 2.63 bits per heavy atom. The average Bonchev–Trinajstić information content (AvgIpc) is 3.39. The Morgan fingerprint density at radius 1 is 1.13 bits per heavy atom. The van der Waals surface area contributed by atoms with Gasteiger partial charge in [0, 0.05) is 5.39 Å². The van der Waals surface area contributed by atoms with Gasteiger partial charge in [-0.1, -0.05) is 41.7 Å². The van der Waals surface area contributed by atoms with Gasteiger partial charge in [0.15, 0.2) is 5.13 Å².